The summed E-state index contributed by atoms with van der Waals surface area (Å²) in [5, 5.41) is 3.11. The lowest BCUT2D eigenvalue weighted by molar-refractivity contribution is 0.182. The van der Waals surface area contributed by atoms with Crippen LogP contribution in [0.25, 0.3) is 0 Å². The molecule has 0 spiro atoms. The van der Waals surface area contributed by atoms with E-state index >= 15 is 0 Å². The monoisotopic (exact) mass is 373 g/mol. The number of nitrogens with one attached hydrogen (secondary N) is 1. The normalized spacial score (nSPS) is 16.1. The van der Waals surface area contributed by atoms with E-state index in [0.717, 1.165) is 29.1 Å². The van der Waals surface area contributed by atoms with E-state index < -0.39 is 0 Å². The smallest absolute Gasteiger partial charge is 0.322 e. The summed E-state index contributed by atoms with van der Waals surface area (Å²) in [6, 6.07) is 20.6. The third-order valence-corrected chi connectivity index (χ3v) is 5.60. The minimum atomic E-state index is -0.0889. The zero-order valence-electron chi connectivity index (χ0n) is 16.7. The lowest BCUT2D eigenvalue weighted by Gasteiger charge is -2.37. The second-order valence-corrected chi connectivity index (χ2v) is 7.79. The van der Waals surface area contributed by atoms with Gasteiger partial charge in [-0.1, -0.05) is 56.3 Å². The van der Waals surface area contributed by atoms with Crippen LogP contribution in [0.2, 0.25) is 0 Å². The highest BCUT2D eigenvalue weighted by Crippen LogP contribution is 2.33. The molecule has 1 aliphatic rings. The molecule has 4 nitrogen and oxygen atoms in total. The number of hydrogen-bond acceptors (Lipinski definition) is 1. The van der Waals surface area contributed by atoms with Gasteiger partial charge in [-0.3, -0.25) is 0 Å². The number of aryl methyl sites for hydroxylation is 1. The zero-order chi connectivity index (χ0) is 19.7. The molecule has 28 heavy (non-hydrogen) atoms. The Kier molecular flexibility index (Phi) is 4.95. The minimum absolute atomic E-state index is 0.0558. The first kappa shape index (κ1) is 18.4. The molecular weight excluding hydrogens is 346 g/mol. The molecule has 2 aromatic carbocycles. The zero-order valence-corrected chi connectivity index (χ0v) is 16.7. The predicted molar refractivity (Wildman–Crippen MR) is 114 cm³/mol. The Morgan fingerprint density at radius 3 is 2.46 bits per heavy atom. The molecule has 0 bridgehead atoms. The Morgan fingerprint density at radius 2 is 1.75 bits per heavy atom. The highest BCUT2D eigenvalue weighted by Gasteiger charge is 2.32. The first-order chi connectivity index (χ1) is 13.5. The Morgan fingerprint density at radius 1 is 1.00 bits per heavy atom. The molecule has 3 aromatic rings. The summed E-state index contributed by atoms with van der Waals surface area (Å²) in [5.41, 5.74) is 5.54. The fraction of sp³-hybridized carbons (Fsp3) is 0.292. The van der Waals surface area contributed by atoms with Crippen LogP contribution in [0.15, 0.2) is 66.9 Å². The summed E-state index contributed by atoms with van der Waals surface area (Å²) in [7, 11) is 0. The summed E-state index contributed by atoms with van der Waals surface area (Å²) in [5.74, 6) is 0.490. The second kappa shape index (κ2) is 7.55. The number of urea groups is 1. The SMILES string of the molecule is Cc1ccccc1NC(=O)N1CCn2cccc2C1c1ccc(C(C)C)cc1. The van der Waals surface area contributed by atoms with Gasteiger partial charge in [0.05, 0.1) is 6.04 Å². The van der Waals surface area contributed by atoms with E-state index in [1.54, 1.807) is 0 Å². The number of para-hydroxylation sites is 1. The van der Waals surface area contributed by atoms with Gasteiger partial charge in [-0.25, -0.2) is 4.79 Å². The molecule has 1 aliphatic heterocycles. The van der Waals surface area contributed by atoms with E-state index in [1.165, 1.54) is 5.56 Å². The van der Waals surface area contributed by atoms with Crippen molar-refractivity contribution in [2.75, 3.05) is 11.9 Å². The number of nitrogens with zero attached hydrogens (tertiary/aromatic N) is 2. The van der Waals surface area contributed by atoms with Gasteiger partial charge >= 0.3 is 6.03 Å². The van der Waals surface area contributed by atoms with Gasteiger partial charge < -0.3 is 14.8 Å². The van der Waals surface area contributed by atoms with Crippen molar-refractivity contribution in [3.05, 3.63) is 89.2 Å². The molecule has 0 aliphatic carbocycles. The lowest BCUT2D eigenvalue weighted by Crippen LogP contribution is -2.44. The molecule has 1 N–H and O–H groups in total. The predicted octanol–water partition coefficient (Wildman–Crippen LogP) is 5.56. The molecule has 4 heteroatoms. The fourth-order valence-electron chi connectivity index (χ4n) is 3.92. The maximum atomic E-state index is 13.2. The minimum Gasteiger partial charge on any atom is -0.348 e. The largest absolute Gasteiger partial charge is 0.348 e. The van der Waals surface area contributed by atoms with Crippen LogP contribution in [-0.2, 0) is 6.54 Å². The van der Waals surface area contributed by atoms with Crippen LogP contribution in [0.4, 0.5) is 10.5 Å². The summed E-state index contributed by atoms with van der Waals surface area (Å²) in [6.07, 6.45) is 2.10. The van der Waals surface area contributed by atoms with Crippen LogP contribution in [0, 0.1) is 6.92 Å². The number of hydrogen-bond donors (Lipinski definition) is 1. The fourth-order valence-corrected chi connectivity index (χ4v) is 3.92. The molecule has 2 heterocycles. The lowest BCUT2D eigenvalue weighted by atomic mass is 9.96. The van der Waals surface area contributed by atoms with Gasteiger partial charge in [-0.05, 0) is 47.7 Å². The Balaban J connectivity index is 1.67. The van der Waals surface area contributed by atoms with Gasteiger partial charge in [0.25, 0.3) is 0 Å². The maximum Gasteiger partial charge on any atom is 0.322 e. The van der Waals surface area contributed by atoms with Crippen molar-refractivity contribution >= 4 is 11.7 Å². The average Bonchev–Trinajstić information content (AvgIpc) is 3.18. The van der Waals surface area contributed by atoms with Crippen LogP contribution in [0.3, 0.4) is 0 Å². The summed E-state index contributed by atoms with van der Waals surface area (Å²) in [6.45, 7) is 7.89. The number of carbonyl (C=O) groups is 1. The van der Waals surface area contributed by atoms with Gasteiger partial charge in [-0.2, -0.15) is 0 Å². The van der Waals surface area contributed by atoms with Crippen LogP contribution in [-0.4, -0.2) is 22.0 Å². The molecular formula is C24H27N3O. The molecule has 144 valence electrons. The first-order valence-corrected chi connectivity index (χ1v) is 9.92. The van der Waals surface area contributed by atoms with E-state index in [1.807, 2.05) is 36.1 Å². The summed E-state index contributed by atoms with van der Waals surface area (Å²) < 4.78 is 2.25. The Hall–Kier alpha value is -3.01. The number of anilines is 1. The van der Waals surface area contributed by atoms with Crippen LogP contribution >= 0.6 is 0 Å². The first-order valence-electron chi connectivity index (χ1n) is 9.92. The third kappa shape index (κ3) is 3.42. The van der Waals surface area contributed by atoms with E-state index in [4.69, 9.17) is 0 Å². The second-order valence-electron chi connectivity index (χ2n) is 7.79. The molecule has 1 atom stereocenters. The van der Waals surface area contributed by atoms with Gasteiger partial charge in [0.1, 0.15) is 0 Å². The molecule has 1 aromatic heterocycles. The van der Waals surface area contributed by atoms with Crippen LogP contribution in [0.1, 0.15) is 48.2 Å². The van der Waals surface area contributed by atoms with Crippen molar-refractivity contribution in [3.63, 3.8) is 0 Å². The number of carbonyl (C=O) groups excluding carboxylic acids is 1. The van der Waals surface area contributed by atoms with Gasteiger partial charge in [0, 0.05) is 30.7 Å². The molecule has 0 fully saturated rings. The number of fused-ring (bicyclic) bond motifs is 1. The highest BCUT2D eigenvalue weighted by molar-refractivity contribution is 5.90. The molecule has 0 saturated heterocycles. The Bertz CT molecular complexity index is 972. The maximum absolute atomic E-state index is 13.2. The third-order valence-electron chi connectivity index (χ3n) is 5.60. The van der Waals surface area contributed by atoms with E-state index in [0.29, 0.717) is 12.5 Å². The molecule has 0 radical (unpaired) electrons. The summed E-state index contributed by atoms with van der Waals surface area (Å²) >= 11 is 0. The van der Waals surface area contributed by atoms with Crippen LogP contribution < -0.4 is 5.32 Å². The topological polar surface area (TPSA) is 37.3 Å². The Labute approximate surface area is 166 Å². The van der Waals surface area contributed by atoms with Crippen molar-refractivity contribution in [3.8, 4) is 0 Å². The van der Waals surface area contributed by atoms with Crippen molar-refractivity contribution in [2.45, 2.75) is 39.3 Å². The van der Waals surface area contributed by atoms with Crippen molar-refractivity contribution < 1.29 is 4.79 Å². The number of benzene rings is 2. The number of amides is 2. The molecule has 0 saturated carbocycles. The van der Waals surface area contributed by atoms with Gasteiger partial charge in [0.2, 0.25) is 0 Å². The molecule has 2 amide bonds. The number of rotatable bonds is 3. The summed E-state index contributed by atoms with van der Waals surface area (Å²) in [4.78, 5) is 15.2. The molecule has 4 rings (SSSR count). The van der Waals surface area contributed by atoms with Gasteiger partial charge in [0.15, 0.2) is 0 Å². The number of aromatic nitrogens is 1. The van der Waals surface area contributed by atoms with E-state index in [9.17, 15) is 4.79 Å². The van der Waals surface area contributed by atoms with Crippen LogP contribution in [0.5, 0.6) is 0 Å². The molecule has 1 unspecified atom stereocenters. The highest BCUT2D eigenvalue weighted by atomic mass is 16.2. The van der Waals surface area contributed by atoms with E-state index in [-0.39, 0.29) is 12.1 Å². The van der Waals surface area contributed by atoms with Crippen molar-refractivity contribution in [1.29, 1.82) is 0 Å². The van der Waals surface area contributed by atoms with E-state index in [2.05, 4.69) is 66.3 Å². The standard InChI is InChI=1S/C24H27N3O/c1-17(2)19-10-12-20(13-11-19)23-22-9-6-14-26(22)15-16-27(23)24(28)25-21-8-5-4-7-18(21)3/h4-14,17,23H,15-16H2,1-3H3,(H,25,28). The van der Waals surface area contributed by atoms with Crippen molar-refractivity contribution in [1.82, 2.24) is 9.47 Å². The quantitative estimate of drug-likeness (QED) is 0.641. The average molecular weight is 374 g/mol. The van der Waals surface area contributed by atoms with Crippen molar-refractivity contribution in [2.24, 2.45) is 0 Å². The van der Waals surface area contributed by atoms with Gasteiger partial charge in [-0.15, -0.1) is 0 Å².